The first-order chi connectivity index (χ1) is 2.81. The molecule has 0 unspecified atom stereocenters. The summed E-state index contributed by atoms with van der Waals surface area (Å²) in [6, 6.07) is 0. The van der Waals surface area contributed by atoms with Gasteiger partial charge >= 0.3 is 85.5 Å². The fourth-order valence-electron chi connectivity index (χ4n) is 0.0833. The van der Waals surface area contributed by atoms with Crippen molar-refractivity contribution in [2.45, 2.75) is 0 Å². The molecular formula is CH10Al2Mg2O4. The van der Waals surface area contributed by atoms with Gasteiger partial charge in [-0.05, 0) is 0 Å². The summed E-state index contributed by atoms with van der Waals surface area (Å²) in [4.78, 5) is 9.81. The number of rotatable bonds is 0. The minimum atomic E-state index is -0.534. The second-order valence-electron chi connectivity index (χ2n) is 0.658. The molecule has 0 heterocycles. The topological polar surface area (TPSA) is 67.0 Å². The molecule has 0 rings (SSSR count). The summed E-state index contributed by atoms with van der Waals surface area (Å²) in [5.41, 5.74) is 0. The molecule has 0 saturated heterocycles. The Hall–Kier alpha value is 1.83. The Labute approximate surface area is 108 Å². The van der Waals surface area contributed by atoms with Crippen molar-refractivity contribution >= 4 is 85.5 Å². The Balaban J connectivity index is -0.00000000595. The first kappa shape index (κ1) is 22.4. The third-order valence-electron chi connectivity index (χ3n) is 0.333. The summed E-state index contributed by atoms with van der Waals surface area (Å²) in [5, 5.41) is 0. The maximum atomic E-state index is 9.81. The van der Waals surface area contributed by atoms with Crippen molar-refractivity contribution in [2.24, 2.45) is 0 Å². The van der Waals surface area contributed by atoms with E-state index in [1.54, 1.807) is 0 Å². The first-order valence-corrected chi connectivity index (χ1v) is 3.06. The Morgan fingerprint density at radius 3 is 1.44 bits per heavy atom. The number of hydrogen-bond donors (Lipinski definition) is 0. The maximum Gasteiger partial charge on any atom is 2.00 e. The van der Waals surface area contributed by atoms with Crippen molar-refractivity contribution in [1.29, 1.82) is 0 Å². The Kier molecular flexibility index (Phi) is 40.9. The molecule has 0 aliphatic carbocycles. The summed E-state index contributed by atoms with van der Waals surface area (Å²) >= 11 is 0.860. The van der Waals surface area contributed by atoms with E-state index in [4.69, 9.17) is 0 Å². The average Bonchev–Trinajstić information content (AvgIpc) is 1.65. The van der Waals surface area contributed by atoms with Crippen molar-refractivity contribution < 1.29 is 23.6 Å². The molecule has 48 valence electrons. The molecule has 0 bridgehead atoms. The molecule has 0 saturated carbocycles. The molecule has 0 aliphatic rings. The summed E-state index contributed by atoms with van der Waals surface area (Å²) in [6.07, 6.45) is -0.534. The molecule has 0 aromatic heterocycles. The van der Waals surface area contributed by atoms with Gasteiger partial charge in [0.1, 0.15) is 0 Å². The molecule has 8 heteroatoms. The van der Waals surface area contributed by atoms with Crippen molar-refractivity contribution in [3.8, 4) is 0 Å². The van der Waals surface area contributed by atoms with Gasteiger partial charge < -0.3 is 18.8 Å². The van der Waals surface area contributed by atoms with E-state index in [9.17, 15) is 4.79 Å². The van der Waals surface area contributed by atoms with Crippen LogP contribution in [0.15, 0.2) is 0 Å². The molecule has 0 aliphatic heterocycles. The van der Waals surface area contributed by atoms with Gasteiger partial charge in [0.05, 0.1) is 0 Å². The normalized spacial score (nSPS) is 4.44. The van der Waals surface area contributed by atoms with Crippen LogP contribution in [0.3, 0.4) is 0 Å². The number of carbonyl (C=O) groups excluding carboxylic acids is 1. The van der Waals surface area contributed by atoms with E-state index in [-0.39, 0.29) is 57.3 Å². The molecule has 2 N–H and O–H groups in total. The second kappa shape index (κ2) is 16.4. The minimum Gasteiger partial charge on any atom is -1.00 e. The van der Waals surface area contributed by atoms with Crippen LogP contribution in [0.4, 0.5) is 4.79 Å². The van der Waals surface area contributed by atoms with Crippen LogP contribution in [0.2, 0.25) is 0 Å². The van der Waals surface area contributed by atoms with E-state index < -0.39 is 6.16 Å². The fraction of sp³-hybridized carbons (Fsp3) is 0. The molecule has 4 nitrogen and oxygen atoms in total. The Bertz CT molecular complexity index is 66.1. The van der Waals surface area contributed by atoms with E-state index >= 15 is 0 Å². The monoisotopic (exact) mass is 188 g/mol. The van der Waals surface area contributed by atoms with Crippen LogP contribution in [0.25, 0.3) is 0 Å². The van der Waals surface area contributed by atoms with Gasteiger partial charge in [0.25, 0.3) is 0 Å². The summed E-state index contributed by atoms with van der Waals surface area (Å²) in [7, 11) is 0. The van der Waals surface area contributed by atoms with Crippen molar-refractivity contribution in [3.05, 3.63) is 0 Å². The Morgan fingerprint density at radius 1 is 1.22 bits per heavy atom. The van der Waals surface area contributed by atoms with Crippen LogP contribution in [0, 0.1) is 0 Å². The van der Waals surface area contributed by atoms with Gasteiger partial charge in [-0.15, -0.1) is 0 Å². The third-order valence-corrected chi connectivity index (χ3v) is 1.00. The predicted octanol–water partition coefficient (Wildman–Crippen LogP) is -2.90. The minimum absolute atomic E-state index is 0. The first-order valence-electron chi connectivity index (χ1n) is 1.43. The van der Waals surface area contributed by atoms with Crippen LogP contribution < -0.4 is 0 Å². The van der Waals surface area contributed by atoms with Crippen molar-refractivity contribution in [2.75, 3.05) is 0 Å². The van der Waals surface area contributed by atoms with E-state index in [0.29, 0.717) is 33.2 Å². The molecule has 0 fully saturated rings. The smallest absolute Gasteiger partial charge is 1.00 e. The fourth-order valence-corrected chi connectivity index (χ4v) is 0.750. The van der Waals surface area contributed by atoms with E-state index in [0.717, 1.165) is 0 Å². The molecule has 0 spiro atoms. The van der Waals surface area contributed by atoms with Gasteiger partial charge in [0.15, 0.2) is 0 Å². The van der Waals surface area contributed by atoms with Crippen LogP contribution >= 0.6 is 0 Å². The standard InChI is InChI=1S/CH2O3.2Al.2Mg.H2O.8H/c2-1(3)4;;;;;;;;;;;;;/h(H2,2,3,4);;;;;1H2;;;;;;;;/q;2*+1;2*+2;;;;;;4*-1/p-2. The SMILES string of the molecule is O.O=C([O][AlH2])[O][AlH2].[H-].[H-].[H-].[H-].[Mg+2].[Mg+2]. The largest absolute Gasteiger partial charge is 2.00 e. The van der Waals surface area contributed by atoms with Crippen molar-refractivity contribution in [1.82, 2.24) is 0 Å². The molecule has 9 heavy (non-hydrogen) atoms. The van der Waals surface area contributed by atoms with Crippen LogP contribution in [0.5, 0.6) is 0 Å². The number of hydrogen-bond acceptors (Lipinski definition) is 3. The predicted molar refractivity (Wildman–Crippen MR) is 44.2 cm³/mol. The van der Waals surface area contributed by atoms with E-state index in [1.807, 2.05) is 0 Å². The van der Waals surface area contributed by atoms with Crippen LogP contribution in [0.1, 0.15) is 5.71 Å². The summed E-state index contributed by atoms with van der Waals surface area (Å²) < 4.78 is 8.42. The van der Waals surface area contributed by atoms with Gasteiger partial charge in [-0.1, -0.05) is 0 Å². The molecule has 0 radical (unpaired) electrons. The van der Waals surface area contributed by atoms with E-state index in [1.165, 1.54) is 0 Å². The van der Waals surface area contributed by atoms with Crippen LogP contribution in [-0.2, 0) is 7.58 Å². The van der Waals surface area contributed by atoms with E-state index in [2.05, 4.69) is 7.58 Å². The summed E-state index contributed by atoms with van der Waals surface area (Å²) in [6.45, 7) is 0. The van der Waals surface area contributed by atoms with Crippen LogP contribution in [-0.4, -0.2) is 91.0 Å². The zero-order valence-electron chi connectivity index (χ0n) is 9.64. The Morgan fingerprint density at radius 2 is 1.44 bits per heavy atom. The van der Waals surface area contributed by atoms with Gasteiger partial charge in [-0.25, -0.2) is 4.79 Å². The zero-order valence-corrected chi connectivity index (χ0v) is 12.5. The number of carbonyl (C=O) groups is 1. The summed E-state index contributed by atoms with van der Waals surface area (Å²) in [5.74, 6) is 0. The molecule has 0 atom stereocenters. The molecule has 0 aromatic rings. The molecular weight excluding hydrogens is 179 g/mol. The van der Waals surface area contributed by atoms with Gasteiger partial charge in [0.2, 0.25) is 0 Å². The van der Waals surface area contributed by atoms with Gasteiger partial charge in [-0.3, -0.25) is 0 Å². The average molecular weight is 189 g/mol. The molecule has 0 amide bonds. The van der Waals surface area contributed by atoms with Crippen molar-refractivity contribution in [3.63, 3.8) is 0 Å². The quantitative estimate of drug-likeness (QED) is 0.383. The van der Waals surface area contributed by atoms with Gasteiger partial charge in [0, 0.05) is 0 Å². The zero-order chi connectivity index (χ0) is 4.99. The van der Waals surface area contributed by atoms with Gasteiger partial charge in [-0.2, -0.15) is 0 Å². The molecule has 0 aromatic carbocycles. The second-order valence-corrected chi connectivity index (χ2v) is 1.47. The maximum absolute atomic E-state index is 9.81. The third kappa shape index (κ3) is 17.7.